The van der Waals surface area contributed by atoms with Crippen molar-refractivity contribution in [1.29, 1.82) is 0 Å². The van der Waals surface area contributed by atoms with Gasteiger partial charge in [-0.25, -0.2) is 9.59 Å². The summed E-state index contributed by atoms with van der Waals surface area (Å²) in [6.07, 6.45) is -11.4. The van der Waals surface area contributed by atoms with Gasteiger partial charge in [-0.2, -0.15) is 0 Å². The van der Waals surface area contributed by atoms with Crippen molar-refractivity contribution in [3.63, 3.8) is 0 Å². The summed E-state index contributed by atoms with van der Waals surface area (Å²) in [7, 11) is 2.65. The van der Waals surface area contributed by atoms with Crippen LogP contribution in [0.5, 0.6) is 23.0 Å². The van der Waals surface area contributed by atoms with Gasteiger partial charge in [0, 0.05) is 17.5 Å². The number of aliphatic hydroxyl groups excluding tert-OH is 4. The molecule has 0 aliphatic carbocycles. The fourth-order valence-corrected chi connectivity index (χ4v) is 4.88. The maximum Gasteiger partial charge on any atom is 0.338 e. The van der Waals surface area contributed by atoms with Crippen LogP contribution in [0.4, 0.5) is 0 Å². The van der Waals surface area contributed by atoms with E-state index in [-0.39, 0.29) is 34.1 Å². The van der Waals surface area contributed by atoms with Crippen molar-refractivity contribution in [3.8, 4) is 23.0 Å². The summed E-state index contributed by atoms with van der Waals surface area (Å²) in [6.45, 7) is -2.02. The summed E-state index contributed by atoms with van der Waals surface area (Å²) in [5.74, 6) is -0.951. The Morgan fingerprint density at radius 3 is 2.44 bits per heavy atom. The minimum atomic E-state index is -2.16. The standard InChI is InChI=1S/C29H32O16/c1-38-17-8-14(3-5-15(17)31)26(36)40-11-29(37)12-41-28(25(29)35)45-24-23(34)22(33)20(10-30)44-27(24)43-19-9-16-13(7-18(19)39-2)4-6-21(32)42-16/h3-9,20,22-25,27-28,30-31,33-35,37H,10-12H2,1-2H3/t20-,22-,23+,24-,25+,27-,28+,29-/m1/s1. The molecule has 244 valence electrons. The predicted molar refractivity (Wildman–Crippen MR) is 148 cm³/mol. The van der Waals surface area contributed by atoms with E-state index in [4.69, 9.17) is 37.6 Å². The van der Waals surface area contributed by atoms with E-state index >= 15 is 0 Å². The van der Waals surface area contributed by atoms with Crippen molar-refractivity contribution in [2.75, 3.05) is 34.0 Å². The number of rotatable bonds is 10. The number of phenolic OH excluding ortho intramolecular Hbond substituents is 1. The van der Waals surface area contributed by atoms with Crippen LogP contribution in [0.25, 0.3) is 11.0 Å². The molecule has 45 heavy (non-hydrogen) atoms. The van der Waals surface area contributed by atoms with Gasteiger partial charge in [0.25, 0.3) is 0 Å². The van der Waals surface area contributed by atoms with Crippen molar-refractivity contribution < 1.29 is 73.0 Å². The molecule has 2 aliphatic rings. The van der Waals surface area contributed by atoms with Gasteiger partial charge < -0.3 is 68.2 Å². The second kappa shape index (κ2) is 13.2. The maximum absolute atomic E-state index is 12.6. The van der Waals surface area contributed by atoms with E-state index in [0.717, 1.165) is 0 Å². The number of esters is 1. The molecule has 2 aromatic carbocycles. The number of aromatic hydroxyl groups is 1. The number of carbonyl (C=O) groups is 1. The Morgan fingerprint density at radius 2 is 1.73 bits per heavy atom. The highest BCUT2D eigenvalue weighted by atomic mass is 16.8. The zero-order valence-corrected chi connectivity index (χ0v) is 24.0. The van der Waals surface area contributed by atoms with Gasteiger partial charge in [0.2, 0.25) is 6.29 Å². The van der Waals surface area contributed by atoms with Crippen LogP contribution in [0.15, 0.2) is 51.7 Å². The molecular formula is C29H32O16. The topological polar surface area (TPSA) is 233 Å². The van der Waals surface area contributed by atoms with Crippen LogP contribution < -0.4 is 19.8 Å². The first-order valence-corrected chi connectivity index (χ1v) is 13.6. The lowest BCUT2D eigenvalue weighted by atomic mass is 9.98. The first-order chi connectivity index (χ1) is 21.5. The average Bonchev–Trinajstić information content (AvgIpc) is 3.31. The molecule has 1 aromatic heterocycles. The predicted octanol–water partition coefficient (Wildman–Crippen LogP) is -0.976. The highest BCUT2D eigenvalue weighted by molar-refractivity contribution is 5.90. The van der Waals surface area contributed by atoms with Crippen LogP contribution in [0, 0.1) is 0 Å². The quantitative estimate of drug-likeness (QED) is 0.116. The number of fused-ring (bicyclic) bond motifs is 1. The van der Waals surface area contributed by atoms with E-state index < -0.39 is 80.1 Å². The second-order valence-corrected chi connectivity index (χ2v) is 10.4. The molecule has 3 heterocycles. The Balaban J connectivity index is 1.33. The van der Waals surface area contributed by atoms with Gasteiger partial charge in [-0.05, 0) is 30.3 Å². The SMILES string of the molecule is COc1cc(C(=O)OC[C@@]2(O)CO[C@@H](O[C@H]3[C@H](Oc4cc5oc(=O)ccc5cc4OC)O[C@H](CO)[C@@H](O)[C@@H]3O)[C@@H]2O)ccc1O. The molecule has 2 fully saturated rings. The van der Waals surface area contributed by atoms with Crippen molar-refractivity contribution in [2.24, 2.45) is 0 Å². The Kier molecular flexibility index (Phi) is 9.47. The number of carbonyl (C=O) groups excluding carboxylic acids is 1. The second-order valence-electron chi connectivity index (χ2n) is 10.4. The molecule has 0 amide bonds. The Bertz CT molecular complexity index is 1570. The maximum atomic E-state index is 12.6. The lowest BCUT2D eigenvalue weighted by molar-refractivity contribution is -0.319. The molecule has 16 heteroatoms. The number of benzene rings is 2. The summed E-state index contributed by atoms with van der Waals surface area (Å²) in [5, 5.41) is 63.4. The van der Waals surface area contributed by atoms with E-state index in [1.54, 1.807) is 0 Å². The third-order valence-corrected chi connectivity index (χ3v) is 7.44. The number of hydrogen-bond acceptors (Lipinski definition) is 16. The first kappa shape index (κ1) is 32.4. The molecule has 0 unspecified atom stereocenters. The van der Waals surface area contributed by atoms with Crippen LogP contribution in [0.3, 0.4) is 0 Å². The molecule has 5 rings (SSSR count). The van der Waals surface area contributed by atoms with Gasteiger partial charge in [0.05, 0.1) is 33.0 Å². The molecule has 2 aliphatic heterocycles. The number of hydrogen-bond donors (Lipinski definition) is 6. The third kappa shape index (κ3) is 6.54. The molecule has 16 nitrogen and oxygen atoms in total. The molecule has 8 atom stereocenters. The van der Waals surface area contributed by atoms with Gasteiger partial charge in [-0.15, -0.1) is 0 Å². The van der Waals surface area contributed by atoms with Crippen molar-refractivity contribution in [1.82, 2.24) is 0 Å². The fourth-order valence-electron chi connectivity index (χ4n) is 4.88. The van der Waals surface area contributed by atoms with E-state index in [0.29, 0.717) is 5.39 Å². The monoisotopic (exact) mass is 636 g/mol. The Labute approximate surface area is 254 Å². The summed E-state index contributed by atoms with van der Waals surface area (Å²) < 4.78 is 43.5. The lowest BCUT2D eigenvalue weighted by Gasteiger charge is -2.42. The van der Waals surface area contributed by atoms with E-state index in [1.807, 2.05) is 0 Å². The molecule has 0 radical (unpaired) electrons. The summed E-state index contributed by atoms with van der Waals surface area (Å²) in [5.41, 5.74) is -2.66. The van der Waals surface area contributed by atoms with Crippen LogP contribution in [0.2, 0.25) is 0 Å². The van der Waals surface area contributed by atoms with E-state index in [9.17, 15) is 40.2 Å². The van der Waals surface area contributed by atoms with Crippen molar-refractivity contribution in [3.05, 3.63) is 58.4 Å². The van der Waals surface area contributed by atoms with Gasteiger partial charge in [-0.1, -0.05) is 0 Å². The van der Waals surface area contributed by atoms with Gasteiger partial charge in [0.1, 0.15) is 36.6 Å². The minimum Gasteiger partial charge on any atom is -0.504 e. The average molecular weight is 637 g/mol. The zero-order valence-electron chi connectivity index (χ0n) is 24.0. The van der Waals surface area contributed by atoms with Gasteiger partial charge >= 0.3 is 11.6 Å². The number of phenols is 1. The zero-order chi connectivity index (χ0) is 32.5. The minimum absolute atomic E-state index is 0.00672. The molecule has 3 aromatic rings. The van der Waals surface area contributed by atoms with Crippen LogP contribution >= 0.6 is 0 Å². The van der Waals surface area contributed by atoms with Crippen molar-refractivity contribution >= 4 is 16.9 Å². The van der Waals surface area contributed by atoms with Crippen LogP contribution in [-0.4, -0.2) is 119 Å². The normalized spacial score (nSPS) is 29.8. The Hall–Kier alpha value is -4.00. The largest absolute Gasteiger partial charge is 0.504 e. The van der Waals surface area contributed by atoms with Gasteiger partial charge in [0.15, 0.2) is 41.0 Å². The molecule has 0 spiro atoms. The molecular weight excluding hydrogens is 604 g/mol. The number of ether oxygens (including phenoxy) is 7. The van der Waals surface area contributed by atoms with E-state index in [2.05, 4.69) is 0 Å². The van der Waals surface area contributed by atoms with E-state index in [1.165, 1.54) is 56.7 Å². The van der Waals surface area contributed by atoms with Gasteiger partial charge in [-0.3, -0.25) is 0 Å². The molecule has 6 N–H and O–H groups in total. The highest BCUT2D eigenvalue weighted by Crippen LogP contribution is 2.37. The highest BCUT2D eigenvalue weighted by Gasteiger charge is 2.54. The molecule has 0 saturated carbocycles. The number of methoxy groups -OCH3 is 2. The fraction of sp³-hybridized carbons (Fsp3) is 0.448. The van der Waals surface area contributed by atoms with Crippen LogP contribution in [-0.2, 0) is 18.9 Å². The summed E-state index contributed by atoms with van der Waals surface area (Å²) in [6, 6.07) is 9.29. The molecule has 2 saturated heterocycles. The third-order valence-electron chi connectivity index (χ3n) is 7.44. The lowest BCUT2D eigenvalue weighted by Crippen LogP contribution is -2.62. The summed E-state index contributed by atoms with van der Waals surface area (Å²) >= 11 is 0. The smallest absolute Gasteiger partial charge is 0.338 e. The summed E-state index contributed by atoms with van der Waals surface area (Å²) in [4.78, 5) is 24.3. The first-order valence-electron chi connectivity index (χ1n) is 13.6. The molecule has 0 bridgehead atoms. The number of aliphatic hydroxyl groups is 5. The Morgan fingerprint density at radius 1 is 0.978 bits per heavy atom. The van der Waals surface area contributed by atoms with Crippen LogP contribution in [0.1, 0.15) is 10.4 Å². The van der Waals surface area contributed by atoms with Crippen molar-refractivity contribution in [2.45, 2.75) is 48.7 Å².